The first-order valence-corrected chi connectivity index (χ1v) is 4.92. The molecule has 0 spiro atoms. The van der Waals surface area contributed by atoms with E-state index in [1.54, 1.807) is 6.92 Å². The summed E-state index contributed by atoms with van der Waals surface area (Å²) >= 11 is 0. The maximum absolute atomic E-state index is 13.0. The Bertz CT molecular complexity index is 419. The molecule has 0 amide bonds. The minimum Gasteiger partial charge on any atom is -0.507 e. The molecule has 2 N–H and O–H groups in total. The third-order valence-electron chi connectivity index (χ3n) is 2.09. The first kappa shape index (κ1) is 13.2. The number of hydrogen-bond donors (Lipinski definition) is 2. The average molecular weight is 244 g/mol. The quantitative estimate of drug-likeness (QED) is 0.777. The average Bonchev–Trinajstić information content (AvgIpc) is 2.27. The van der Waals surface area contributed by atoms with Crippen LogP contribution in [0.2, 0.25) is 0 Å². The first-order valence-electron chi connectivity index (χ1n) is 4.92. The summed E-state index contributed by atoms with van der Waals surface area (Å²) in [5.41, 5.74) is -0.215. The number of aromatic hydroxyl groups is 1. The van der Waals surface area contributed by atoms with Gasteiger partial charge in [0, 0.05) is 12.1 Å². The molecule has 1 rings (SSSR count). The third kappa shape index (κ3) is 2.85. The van der Waals surface area contributed by atoms with E-state index in [4.69, 9.17) is 4.74 Å². The Labute approximate surface area is 97.4 Å². The number of aliphatic hydroxyl groups excluding tert-OH is 1. The van der Waals surface area contributed by atoms with Crippen LogP contribution < -0.4 is 4.74 Å². The molecule has 17 heavy (non-hydrogen) atoms. The highest BCUT2D eigenvalue weighted by molar-refractivity contribution is 5.78. The van der Waals surface area contributed by atoms with E-state index in [0.29, 0.717) is 0 Å². The van der Waals surface area contributed by atoms with Crippen molar-refractivity contribution in [3.05, 3.63) is 23.5 Å². The lowest BCUT2D eigenvalue weighted by Gasteiger charge is -2.15. The van der Waals surface area contributed by atoms with E-state index in [1.807, 2.05) is 0 Å². The molecule has 5 nitrogen and oxygen atoms in total. The van der Waals surface area contributed by atoms with Gasteiger partial charge in [-0.05, 0) is 6.92 Å². The molecule has 94 valence electrons. The molecule has 0 aliphatic carbocycles. The van der Waals surface area contributed by atoms with E-state index in [-0.39, 0.29) is 17.9 Å². The fourth-order valence-electron chi connectivity index (χ4n) is 1.36. The summed E-state index contributed by atoms with van der Waals surface area (Å²) in [4.78, 5) is 11.3. The Balaban J connectivity index is 3.16. The number of carbonyl (C=O) groups is 1. The van der Waals surface area contributed by atoms with Crippen LogP contribution in [0.3, 0.4) is 0 Å². The zero-order valence-electron chi connectivity index (χ0n) is 9.44. The molecule has 0 aliphatic rings. The minimum atomic E-state index is -1.72. The van der Waals surface area contributed by atoms with E-state index >= 15 is 0 Å². The van der Waals surface area contributed by atoms with Crippen LogP contribution in [0, 0.1) is 5.82 Å². The van der Waals surface area contributed by atoms with Gasteiger partial charge in [-0.25, -0.2) is 9.18 Å². The van der Waals surface area contributed by atoms with Crippen molar-refractivity contribution in [1.29, 1.82) is 0 Å². The van der Waals surface area contributed by atoms with Gasteiger partial charge in [0.25, 0.3) is 0 Å². The van der Waals surface area contributed by atoms with E-state index in [9.17, 15) is 19.4 Å². The number of carbonyl (C=O) groups excluding carboxylic acids is 1. The molecule has 0 saturated carbocycles. The lowest BCUT2D eigenvalue weighted by molar-refractivity contribution is -0.153. The SMILES string of the molecule is CCOC(=O)C(O)c1c(O)cc(F)cc1OC. The highest BCUT2D eigenvalue weighted by Crippen LogP contribution is 2.34. The number of methoxy groups -OCH3 is 1. The number of phenolic OH excluding ortho intramolecular Hbond substituents is 1. The number of hydrogen-bond acceptors (Lipinski definition) is 5. The standard InChI is InChI=1S/C11H13FO5/c1-3-17-11(15)10(14)9-7(13)4-6(12)5-8(9)16-2/h4-5,10,13-14H,3H2,1-2H3. The monoisotopic (exact) mass is 244 g/mol. The molecule has 0 fully saturated rings. The second-order valence-corrected chi connectivity index (χ2v) is 3.20. The number of ether oxygens (including phenoxy) is 2. The van der Waals surface area contributed by atoms with Crippen LogP contribution in [0.5, 0.6) is 11.5 Å². The van der Waals surface area contributed by atoms with Crippen molar-refractivity contribution in [2.75, 3.05) is 13.7 Å². The maximum Gasteiger partial charge on any atom is 0.339 e. The van der Waals surface area contributed by atoms with Gasteiger partial charge in [0.15, 0.2) is 6.10 Å². The van der Waals surface area contributed by atoms with Crippen LogP contribution in [0.15, 0.2) is 12.1 Å². The van der Waals surface area contributed by atoms with E-state index in [2.05, 4.69) is 4.74 Å². The summed E-state index contributed by atoms with van der Waals surface area (Å²) in [6, 6.07) is 1.73. The van der Waals surface area contributed by atoms with Crippen molar-refractivity contribution in [3.63, 3.8) is 0 Å². The number of benzene rings is 1. The van der Waals surface area contributed by atoms with Gasteiger partial charge in [-0.15, -0.1) is 0 Å². The topological polar surface area (TPSA) is 76.0 Å². The lowest BCUT2D eigenvalue weighted by atomic mass is 10.1. The number of aliphatic hydroxyl groups is 1. The van der Waals surface area contributed by atoms with Crippen molar-refractivity contribution in [1.82, 2.24) is 0 Å². The van der Waals surface area contributed by atoms with Crippen molar-refractivity contribution in [2.24, 2.45) is 0 Å². The molecule has 0 radical (unpaired) electrons. The summed E-state index contributed by atoms with van der Waals surface area (Å²) in [6.07, 6.45) is -1.72. The van der Waals surface area contributed by atoms with Crippen LogP contribution in [0.1, 0.15) is 18.6 Å². The number of esters is 1. The molecular weight excluding hydrogens is 231 g/mol. The predicted molar refractivity (Wildman–Crippen MR) is 56.2 cm³/mol. The largest absolute Gasteiger partial charge is 0.507 e. The first-order chi connectivity index (χ1) is 8.01. The normalized spacial score (nSPS) is 12.0. The fraction of sp³-hybridized carbons (Fsp3) is 0.364. The fourth-order valence-corrected chi connectivity index (χ4v) is 1.36. The van der Waals surface area contributed by atoms with Crippen molar-refractivity contribution in [2.45, 2.75) is 13.0 Å². The molecule has 0 bridgehead atoms. The Morgan fingerprint density at radius 3 is 2.71 bits per heavy atom. The number of phenols is 1. The third-order valence-corrected chi connectivity index (χ3v) is 2.09. The van der Waals surface area contributed by atoms with E-state index in [1.165, 1.54) is 7.11 Å². The van der Waals surface area contributed by atoms with Gasteiger partial charge >= 0.3 is 5.97 Å². The zero-order valence-corrected chi connectivity index (χ0v) is 9.44. The Morgan fingerprint density at radius 2 is 2.18 bits per heavy atom. The molecule has 1 unspecified atom stereocenters. The van der Waals surface area contributed by atoms with Crippen molar-refractivity contribution in [3.8, 4) is 11.5 Å². The summed E-state index contributed by atoms with van der Waals surface area (Å²) in [7, 11) is 1.23. The van der Waals surface area contributed by atoms with Crippen LogP contribution in [-0.4, -0.2) is 29.9 Å². The Morgan fingerprint density at radius 1 is 1.53 bits per heavy atom. The smallest absolute Gasteiger partial charge is 0.339 e. The molecule has 0 aromatic heterocycles. The van der Waals surface area contributed by atoms with E-state index in [0.717, 1.165) is 12.1 Å². The summed E-state index contributed by atoms with van der Waals surface area (Å²) in [5, 5.41) is 19.2. The molecular formula is C11H13FO5. The lowest BCUT2D eigenvalue weighted by Crippen LogP contribution is -2.16. The van der Waals surface area contributed by atoms with Gasteiger partial charge in [-0.3, -0.25) is 0 Å². The highest BCUT2D eigenvalue weighted by Gasteiger charge is 2.26. The summed E-state index contributed by atoms with van der Waals surface area (Å²) < 4.78 is 22.4. The number of halogens is 1. The van der Waals surface area contributed by atoms with Gasteiger partial charge < -0.3 is 19.7 Å². The highest BCUT2D eigenvalue weighted by atomic mass is 19.1. The predicted octanol–water partition coefficient (Wildman–Crippen LogP) is 1.14. The minimum absolute atomic E-state index is 0.0835. The molecule has 0 saturated heterocycles. The van der Waals surface area contributed by atoms with Gasteiger partial charge in [0.1, 0.15) is 17.3 Å². The van der Waals surface area contributed by atoms with Gasteiger partial charge in [-0.2, -0.15) is 0 Å². The van der Waals surface area contributed by atoms with E-state index < -0.39 is 23.6 Å². The molecule has 1 aromatic carbocycles. The maximum atomic E-state index is 13.0. The second-order valence-electron chi connectivity index (χ2n) is 3.20. The summed E-state index contributed by atoms with van der Waals surface area (Å²) in [5.74, 6) is -2.36. The molecule has 1 atom stereocenters. The Hall–Kier alpha value is -1.82. The van der Waals surface area contributed by atoms with Gasteiger partial charge in [-0.1, -0.05) is 0 Å². The molecule has 0 heterocycles. The molecule has 0 aliphatic heterocycles. The zero-order chi connectivity index (χ0) is 13.0. The van der Waals surface area contributed by atoms with Crippen LogP contribution in [0.4, 0.5) is 4.39 Å². The Kier molecular flexibility index (Phi) is 4.28. The van der Waals surface area contributed by atoms with Crippen LogP contribution in [-0.2, 0) is 9.53 Å². The second kappa shape index (κ2) is 5.49. The van der Waals surface area contributed by atoms with Gasteiger partial charge in [0.05, 0.1) is 19.3 Å². The molecule has 1 aromatic rings. The molecule has 6 heteroatoms. The number of rotatable bonds is 4. The summed E-state index contributed by atoms with van der Waals surface area (Å²) in [6.45, 7) is 1.66. The van der Waals surface area contributed by atoms with Gasteiger partial charge in [0.2, 0.25) is 0 Å². The van der Waals surface area contributed by atoms with Crippen LogP contribution in [0.25, 0.3) is 0 Å². The van der Waals surface area contributed by atoms with Crippen molar-refractivity contribution < 1.29 is 28.9 Å². The van der Waals surface area contributed by atoms with Crippen molar-refractivity contribution >= 4 is 5.97 Å². The van der Waals surface area contributed by atoms with Crippen LogP contribution >= 0.6 is 0 Å².